The van der Waals surface area contributed by atoms with E-state index in [-0.39, 0.29) is 29.2 Å². The largest absolute Gasteiger partial charge is 0.349 e. The topological polar surface area (TPSA) is 41.0 Å². The van der Waals surface area contributed by atoms with Crippen molar-refractivity contribution in [1.29, 1.82) is 0 Å². The highest BCUT2D eigenvalue weighted by molar-refractivity contribution is 7.71. The minimum atomic E-state index is -0.956. The van der Waals surface area contributed by atoms with E-state index in [2.05, 4.69) is 4.98 Å². The van der Waals surface area contributed by atoms with E-state index < -0.39 is 11.6 Å². The summed E-state index contributed by atoms with van der Waals surface area (Å²) in [5.74, 6) is -2.00. The van der Waals surface area contributed by atoms with Crippen molar-refractivity contribution in [2.24, 2.45) is 0 Å². The lowest BCUT2D eigenvalue weighted by Crippen LogP contribution is -2.23. The Hall–Kier alpha value is -1.76. The van der Waals surface area contributed by atoms with E-state index in [0.29, 0.717) is 5.52 Å². The molecule has 0 fully saturated rings. The van der Waals surface area contributed by atoms with Crippen LogP contribution in [-0.4, -0.2) is 34.5 Å². The number of rotatable bonds is 3. The summed E-state index contributed by atoms with van der Waals surface area (Å²) in [5, 5.41) is 0. The van der Waals surface area contributed by atoms with Crippen LogP contribution in [0.4, 0.5) is 8.78 Å². The van der Waals surface area contributed by atoms with Crippen LogP contribution in [0.5, 0.6) is 0 Å². The third-order valence-electron chi connectivity index (χ3n) is 2.87. The van der Waals surface area contributed by atoms with Crippen molar-refractivity contribution < 1.29 is 13.6 Å². The van der Waals surface area contributed by atoms with Gasteiger partial charge in [0.25, 0.3) is 0 Å². The van der Waals surface area contributed by atoms with Crippen molar-refractivity contribution >= 4 is 29.2 Å². The number of amides is 1. The molecule has 1 amide bonds. The lowest BCUT2D eigenvalue weighted by atomic mass is 10.3. The molecule has 0 spiro atoms. The van der Waals surface area contributed by atoms with Crippen LogP contribution in [-0.2, 0) is 11.3 Å². The Morgan fingerprint density at radius 2 is 2.11 bits per heavy atom. The van der Waals surface area contributed by atoms with Crippen LogP contribution in [0.1, 0.15) is 6.42 Å². The average Bonchev–Trinajstić information content (AvgIpc) is 2.67. The monoisotopic (exact) mass is 285 g/mol. The molecule has 0 atom stereocenters. The van der Waals surface area contributed by atoms with Gasteiger partial charge in [-0.15, -0.1) is 0 Å². The molecular weight excluding hydrogens is 272 g/mol. The number of hydrogen-bond acceptors (Lipinski definition) is 2. The second kappa shape index (κ2) is 5.08. The van der Waals surface area contributed by atoms with Crippen molar-refractivity contribution in [3.05, 3.63) is 28.5 Å². The molecule has 0 saturated carbocycles. The van der Waals surface area contributed by atoms with Crippen LogP contribution >= 0.6 is 12.2 Å². The van der Waals surface area contributed by atoms with Gasteiger partial charge in [-0.1, -0.05) is 0 Å². The molecule has 1 aromatic carbocycles. The standard InChI is InChI=1S/C12H13F2N3OS/c1-16(2)9(18)5-6-17-11-8(15-12(17)19)4-3-7(13)10(11)14/h3-4H,5-6H2,1-2H3,(H,15,19). The number of carbonyl (C=O) groups is 1. The van der Waals surface area contributed by atoms with E-state index in [1.54, 1.807) is 14.1 Å². The molecule has 4 nitrogen and oxygen atoms in total. The van der Waals surface area contributed by atoms with Crippen molar-refractivity contribution in [2.75, 3.05) is 14.1 Å². The molecule has 0 radical (unpaired) electrons. The minimum Gasteiger partial charge on any atom is -0.349 e. The van der Waals surface area contributed by atoms with Gasteiger partial charge >= 0.3 is 0 Å². The number of aromatic amines is 1. The van der Waals surface area contributed by atoms with E-state index in [1.165, 1.54) is 15.5 Å². The van der Waals surface area contributed by atoms with Crippen LogP contribution in [0.2, 0.25) is 0 Å². The van der Waals surface area contributed by atoms with E-state index in [4.69, 9.17) is 12.2 Å². The van der Waals surface area contributed by atoms with Gasteiger partial charge in [0.15, 0.2) is 16.4 Å². The van der Waals surface area contributed by atoms with Gasteiger partial charge in [-0.25, -0.2) is 8.78 Å². The Morgan fingerprint density at radius 1 is 1.42 bits per heavy atom. The molecule has 19 heavy (non-hydrogen) atoms. The maximum Gasteiger partial charge on any atom is 0.223 e. The predicted molar refractivity (Wildman–Crippen MR) is 70.3 cm³/mol. The number of nitrogens with one attached hydrogen (secondary N) is 1. The number of imidazole rings is 1. The van der Waals surface area contributed by atoms with Gasteiger partial charge in [0.05, 0.1) is 5.52 Å². The Morgan fingerprint density at radius 3 is 2.74 bits per heavy atom. The predicted octanol–water partition coefficient (Wildman–Crippen LogP) is 2.46. The number of fused-ring (bicyclic) bond motifs is 1. The van der Waals surface area contributed by atoms with Crippen LogP contribution in [0.15, 0.2) is 12.1 Å². The van der Waals surface area contributed by atoms with Gasteiger partial charge in [-0.05, 0) is 24.4 Å². The number of carbonyl (C=O) groups excluding carboxylic acids is 1. The summed E-state index contributed by atoms with van der Waals surface area (Å²) in [5.41, 5.74) is 0.484. The maximum atomic E-state index is 13.8. The lowest BCUT2D eigenvalue weighted by molar-refractivity contribution is -0.128. The SMILES string of the molecule is CN(C)C(=O)CCn1c(=S)[nH]c2ccc(F)c(F)c21. The Labute approximate surface area is 113 Å². The molecule has 2 aromatic rings. The minimum absolute atomic E-state index is 0.0663. The van der Waals surface area contributed by atoms with Crippen LogP contribution in [0, 0.1) is 16.4 Å². The highest BCUT2D eigenvalue weighted by atomic mass is 32.1. The third kappa shape index (κ3) is 2.51. The normalized spacial score (nSPS) is 10.9. The molecule has 0 unspecified atom stereocenters. The number of aromatic nitrogens is 2. The van der Waals surface area contributed by atoms with Gasteiger partial charge in [-0.3, -0.25) is 4.79 Å². The number of halogens is 2. The first-order valence-electron chi connectivity index (χ1n) is 5.68. The average molecular weight is 285 g/mol. The van der Waals surface area contributed by atoms with Gasteiger partial charge in [0, 0.05) is 27.1 Å². The number of nitrogens with zero attached hydrogens (tertiary/aromatic N) is 2. The van der Waals surface area contributed by atoms with E-state index in [9.17, 15) is 13.6 Å². The number of hydrogen-bond donors (Lipinski definition) is 1. The molecule has 7 heteroatoms. The first-order valence-corrected chi connectivity index (χ1v) is 6.09. The first kappa shape index (κ1) is 13.7. The molecule has 0 bridgehead atoms. The fourth-order valence-electron chi connectivity index (χ4n) is 1.83. The summed E-state index contributed by atoms with van der Waals surface area (Å²) < 4.78 is 28.7. The van der Waals surface area contributed by atoms with Crippen molar-refractivity contribution in [2.45, 2.75) is 13.0 Å². The van der Waals surface area contributed by atoms with E-state index >= 15 is 0 Å². The van der Waals surface area contributed by atoms with Crippen LogP contribution in [0.25, 0.3) is 11.0 Å². The smallest absolute Gasteiger partial charge is 0.223 e. The second-order valence-electron chi connectivity index (χ2n) is 4.38. The van der Waals surface area contributed by atoms with Crippen molar-refractivity contribution in [3.63, 3.8) is 0 Å². The molecule has 1 heterocycles. The zero-order valence-electron chi connectivity index (χ0n) is 10.5. The summed E-state index contributed by atoms with van der Waals surface area (Å²) in [4.78, 5) is 15.8. The number of aryl methyl sites for hydroxylation is 1. The van der Waals surface area contributed by atoms with Gasteiger partial charge in [0.1, 0.15) is 5.52 Å². The Kier molecular flexibility index (Phi) is 3.66. The zero-order valence-corrected chi connectivity index (χ0v) is 11.4. The molecule has 2 rings (SSSR count). The first-order chi connectivity index (χ1) is 8.91. The summed E-state index contributed by atoms with van der Waals surface area (Å²) in [7, 11) is 3.27. The van der Waals surface area contributed by atoms with Gasteiger partial charge < -0.3 is 14.5 Å². The summed E-state index contributed by atoms with van der Waals surface area (Å²) in [6.45, 7) is 0.205. The highest BCUT2D eigenvalue weighted by Gasteiger charge is 2.14. The molecule has 1 N–H and O–H groups in total. The van der Waals surface area contributed by atoms with Crippen LogP contribution in [0.3, 0.4) is 0 Å². The van der Waals surface area contributed by atoms with E-state index in [0.717, 1.165) is 6.07 Å². The molecular formula is C12H13F2N3OS. The molecule has 0 aliphatic heterocycles. The van der Waals surface area contributed by atoms with Crippen molar-refractivity contribution in [1.82, 2.24) is 14.5 Å². The highest BCUT2D eigenvalue weighted by Crippen LogP contribution is 2.20. The van der Waals surface area contributed by atoms with Gasteiger partial charge in [0.2, 0.25) is 5.91 Å². The molecule has 0 aliphatic carbocycles. The van der Waals surface area contributed by atoms with E-state index in [1.807, 2.05) is 0 Å². The molecule has 1 aromatic heterocycles. The zero-order chi connectivity index (χ0) is 14.2. The van der Waals surface area contributed by atoms with Crippen molar-refractivity contribution in [3.8, 4) is 0 Å². The molecule has 102 valence electrons. The summed E-state index contributed by atoms with van der Waals surface area (Å²) in [6.07, 6.45) is 0.171. The molecule has 0 saturated heterocycles. The number of H-pyrrole nitrogens is 1. The summed E-state index contributed by atoms with van der Waals surface area (Å²) >= 11 is 5.07. The molecule has 0 aliphatic rings. The fraction of sp³-hybridized carbons (Fsp3) is 0.333. The van der Waals surface area contributed by atoms with Gasteiger partial charge in [-0.2, -0.15) is 0 Å². The lowest BCUT2D eigenvalue weighted by Gasteiger charge is -2.10. The Bertz CT molecular complexity index is 690. The quantitative estimate of drug-likeness (QED) is 0.880. The third-order valence-corrected chi connectivity index (χ3v) is 3.20. The maximum absolute atomic E-state index is 13.8. The Balaban J connectivity index is 2.43. The van der Waals surface area contributed by atoms with Crippen LogP contribution < -0.4 is 0 Å². The second-order valence-corrected chi connectivity index (χ2v) is 4.76. The fourth-order valence-corrected chi connectivity index (χ4v) is 2.13. The summed E-state index contributed by atoms with van der Waals surface area (Å²) in [6, 6.07) is 2.46. The number of benzene rings is 1.